The number of ether oxygens (including phenoxy) is 1. The quantitative estimate of drug-likeness (QED) is 0.727. The van der Waals surface area contributed by atoms with E-state index in [9.17, 15) is 8.42 Å². The predicted octanol–water partition coefficient (Wildman–Crippen LogP) is 4.51. The largest absolute Gasteiger partial charge is 0.494 e. The van der Waals surface area contributed by atoms with Crippen molar-refractivity contribution in [2.75, 3.05) is 13.2 Å². The van der Waals surface area contributed by atoms with E-state index in [2.05, 4.69) is 23.6 Å². The normalized spacial score (nSPS) is 17.1. The van der Waals surface area contributed by atoms with Crippen LogP contribution in [0.1, 0.15) is 50.3 Å². The molecule has 6 heteroatoms. The SMILES string of the molecule is CCOc1ccc(CCN=C2NS(=O)(=O)C(c3ccc(C(C)C)cc3)=C2C)cc1. The van der Waals surface area contributed by atoms with Crippen molar-refractivity contribution in [3.05, 3.63) is 70.8 Å². The average molecular weight is 413 g/mol. The van der Waals surface area contributed by atoms with E-state index in [4.69, 9.17) is 4.74 Å². The molecule has 0 atom stereocenters. The fourth-order valence-electron chi connectivity index (χ4n) is 3.32. The van der Waals surface area contributed by atoms with Gasteiger partial charge in [-0.15, -0.1) is 0 Å². The topological polar surface area (TPSA) is 67.8 Å². The highest BCUT2D eigenvalue weighted by Gasteiger charge is 2.32. The molecule has 3 rings (SSSR count). The summed E-state index contributed by atoms with van der Waals surface area (Å²) in [5, 5.41) is 0. The molecule has 1 aliphatic heterocycles. The van der Waals surface area contributed by atoms with Crippen molar-refractivity contribution >= 4 is 20.8 Å². The maximum atomic E-state index is 12.7. The summed E-state index contributed by atoms with van der Waals surface area (Å²) in [6, 6.07) is 15.6. The van der Waals surface area contributed by atoms with Crippen LogP contribution in [-0.4, -0.2) is 27.4 Å². The Morgan fingerprint density at radius 1 is 1.03 bits per heavy atom. The van der Waals surface area contributed by atoms with Crippen molar-refractivity contribution in [2.24, 2.45) is 4.99 Å². The van der Waals surface area contributed by atoms with Crippen molar-refractivity contribution < 1.29 is 13.2 Å². The molecule has 1 N–H and O–H groups in total. The molecule has 0 radical (unpaired) electrons. The second kappa shape index (κ2) is 8.82. The Labute approximate surface area is 173 Å². The van der Waals surface area contributed by atoms with E-state index in [1.165, 1.54) is 5.56 Å². The molecule has 0 aliphatic carbocycles. The summed E-state index contributed by atoms with van der Waals surface area (Å²) in [5.41, 5.74) is 3.66. The lowest BCUT2D eigenvalue weighted by Gasteiger charge is -2.07. The van der Waals surface area contributed by atoms with Gasteiger partial charge in [0.1, 0.15) is 16.5 Å². The maximum Gasteiger partial charge on any atom is 0.264 e. The summed E-state index contributed by atoms with van der Waals surface area (Å²) in [5.74, 6) is 1.68. The zero-order chi connectivity index (χ0) is 21.0. The van der Waals surface area contributed by atoms with Gasteiger partial charge in [0.15, 0.2) is 0 Å². The van der Waals surface area contributed by atoms with Crippen LogP contribution < -0.4 is 9.46 Å². The molecule has 29 heavy (non-hydrogen) atoms. The molecule has 0 spiro atoms. The molecule has 0 aromatic heterocycles. The zero-order valence-corrected chi connectivity index (χ0v) is 18.2. The predicted molar refractivity (Wildman–Crippen MR) is 119 cm³/mol. The highest BCUT2D eigenvalue weighted by molar-refractivity contribution is 8.00. The Morgan fingerprint density at radius 2 is 1.69 bits per heavy atom. The van der Waals surface area contributed by atoms with Crippen LogP contribution in [-0.2, 0) is 16.4 Å². The lowest BCUT2D eigenvalue weighted by Crippen LogP contribution is -2.24. The van der Waals surface area contributed by atoms with Gasteiger partial charge in [0.05, 0.1) is 6.61 Å². The van der Waals surface area contributed by atoms with E-state index in [-0.39, 0.29) is 0 Å². The number of benzene rings is 2. The first-order valence-electron chi connectivity index (χ1n) is 9.92. The van der Waals surface area contributed by atoms with E-state index in [1.54, 1.807) is 6.92 Å². The molecule has 5 nitrogen and oxygen atoms in total. The average Bonchev–Trinajstić information content (AvgIpc) is 2.91. The van der Waals surface area contributed by atoms with Crippen molar-refractivity contribution in [2.45, 2.75) is 40.0 Å². The smallest absolute Gasteiger partial charge is 0.264 e. The van der Waals surface area contributed by atoms with Gasteiger partial charge < -0.3 is 4.74 Å². The molecular weight excluding hydrogens is 384 g/mol. The van der Waals surface area contributed by atoms with Gasteiger partial charge in [0, 0.05) is 12.1 Å². The Balaban J connectivity index is 1.76. The van der Waals surface area contributed by atoms with Gasteiger partial charge in [0.25, 0.3) is 10.0 Å². The third kappa shape index (κ3) is 4.88. The van der Waals surface area contributed by atoms with Crippen LogP contribution in [0.4, 0.5) is 0 Å². The van der Waals surface area contributed by atoms with Crippen LogP contribution in [0.5, 0.6) is 5.75 Å². The number of rotatable bonds is 7. The minimum atomic E-state index is -3.60. The number of sulfonamides is 1. The van der Waals surface area contributed by atoms with Crippen LogP contribution >= 0.6 is 0 Å². The number of amidine groups is 1. The van der Waals surface area contributed by atoms with E-state index in [1.807, 2.05) is 55.5 Å². The van der Waals surface area contributed by atoms with Crippen LogP contribution in [0.2, 0.25) is 0 Å². The zero-order valence-electron chi connectivity index (χ0n) is 17.4. The third-order valence-corrected chi connectivity index (χ3v) is 6.48. The summed E-state index contributed by atoms with van der Waals surface area (Å²) in [6.07, 6.45) is 0.726. The van der Waals surface area contributed by atoms with Gasteiger partial charge in [-0.2, -0.15) is 0 Å². The van der Waals surface area contributed by atoms with Gasteiger partial charge in [0.2, 0.25) is 0 Å². The Morgan fingerprint density at radius 3 is 2.28 bits per heavy atom. The second-order valence-electron chi connectivity index (χ2n) is 7.39. The van der Waals surface area contributed by atoms with Crippen molar-refractivity contribution in [3.63, 3.8) is 0 Å². The first kappa shape index (κ1) is 21.1. The molecule has 0 bridgehead atoms. The highest BCUT2D eigenvalue weighted by Crippen LogP contribution is 2.30. The van der Waals surface area contributed by atoms with Gasteiger partial charge >= 0.3 is 0 Å². The van der Waals surface area contributed by atoms with Crippen LogP contribution in [0.25, 0.3) is 4.91 Å². The van der Waals surface area contributed by atoms with Crippen molar-refractivity contribution in [1.29, 1.82) is 0 Å². The van der Waals surface area contributed by atoms with E-state index in [0.29, 0.717) is 40.9 Å². The monoisotopic (exact) mass is 412 g/mol. The fourth-order valence-corrected chi connectivity index (χ4v) is 4.84. The van der Waals surface area contributed by atoms with Gasteiger partial charge in [-0.25, -0.2) is 8.42 Å². The molecule has 1 aliphatic rings. The number of aliphatic imine (C=N–C) groups is 1. The summed E-state index contributed by atoms with van der Waals surface area (Å²) < 4.78 is 33.4. The van der Waals surface area contributed by atoms with Gasteiger partial charge in [-0.1, -0.05) is 50.2 Å². The second-order valence-corrected chi connectivity index (χ2v) is 9.01. The molecule has 2 aromatic rings. The standard InChI is InChI=1S/C23H28N2O3S/c1-5-28-21-12-6-18(7-13-21)14-15-24-23-17(4)22(29(26,27)25-23)20-10-8-19(9-11-20)16(2)3/h6-13,16H,5,14-15H2,1-4H3,(H,24,25). The number of hydrogen-bond acceptors (Lipinski definition) is 4. The highest BCUT2D eigenvalue weighted by atomic mass is 32.2. The van der Waals surface area contributed by atoms with Crippen LogP contribution in [0, 0.1) is 0 Å². The lowest BCUT2D eigenvalue weighted by atomic mass is 10.0. The van der Waals surface area contributed by atoms with E-state index < -0.39 is 10.0 Å². The molecule has 154 valence electrons. The molecule has 2 aromatic carbocycles. The summed E-state index contributed by atoms with van der Waals surface area (Å²) in [7, 11) is -3.60. The number of nitrogens with one attached hydrogen (secondary N) is 1. The third-order valence-electron chi connectivity index (χ3n) is 4.94. The van der Waals surface area contributed by atoms with Crippen molar-refractivity contribution in [1.82, 2.24) is 4.72 Å². The minimum absolute atomic E-state index is 0.313. The Bertz CT molecular complexity index is 1020. The minimum Gasteiger partial charge on any atom is -0.494 e. The molecule has 0 saturated carbocycles. The summed E-state index contributed by atoms with van der Waals surface area (Å²) in [6.45, 7) is 9.13. The Kier molecular flexibility index (Phi) is 6.42. The molecule has 0 amide bonds. The fraction of sp³-hybridized carbons (Fsp3) is 0.348. The van der Waals surface area contributed by atoms with E-state index >= 15 is 0 Å². The molecule has 0 saturated heterocycles. The molecule has 0 unspecified atom stereocenters. The van der Waals surface area contributed by atoms with Crippen molar-refractivity contribution in [3.8, 4) is 5.75 Å². The van der Waals surface area contributed by atoms with Gasteiger partial charge in [-0.3, -0.25) is 9.71 Å². The molecule has 0 fully saturated rings. The summed E-state index contributed by atoms with van der Waals surface area (Å²) >= 11 is 0. The lowest BCUT2D eigenvalue weighted by molar-refractivity contribution is 0.340. The first-order valence-corrected chi connectivity index (χ1v) is 11.4. The number of nitrogens with zero attached hydrogens (tertiary/aromatic N) is 1. The molecule has 1 heterocycles. The first-order chi connectivity index (χ1) is 13.8. The van der Waals surface area contributed by atoms with Gasteiger partial charge in [-0.05, 0) is 55.0 Å². The Hall–Kier alpha value is -2.60. The molecular formula is C23H28N2O3S. The number of hydrogen-bond donors (Lipinski definition) is 1. The van der Waals surface area contributed by atoms with Crippen LogP contribution in [0.15, 0.2) is 59.1 Å². The van der Waals surface area contributed by atoms with Crippen LogP contribution in [0.3, 0.4) is 0 Å². The summed E-state index contributed by atoms with van der Waals surface area (Å²) in [4.78, 5) is 4.83. The maximum absolute atomic E-state index is 12.7. The van der Waals surface area contributed by atoms with E-state index in [0.717, 1.165) is 17.7 Å².